The fraction of sp³-hybridized carbons (Fsp3) is 0.391. The zero-order valence-corrected chi connectivity index (χ0v) is 21.6. The van der Waals surface area contributed by atoms with Gasteiger partial charge in [-0.05, 0) is 30.5 Å². The number of benzene rings is 1. The number of anilines is 1. The predicted octanol–water partition coefficient (Wildman–Crippen LogP) is 6.49. The third kappa shape index (κ3) is 6.55. The number of halogens is 11. The molecule has 0 spiro atoms. The summed E-state index contributed by atoms with van der Waals surface area (Å²) in [6, 6.07) is 4.87. The van der Waals surface area contributed by atoms with Gasteiger partial charge in [-0.15, -0.1) is 0 Å². The zero-order valence-electron chi connectivity index (χ0n) is 20.8. The maximum absolute atomic E-state index is 14.0. The summed E-state index contributed by atoms with van der Waals surface area (Å²) in [4.78, 5) is 13.5. The number of hydrogen-bond donors (Lipinski definition) is 2. The Hall–Kier alpha value is -4.01. The Labute approximate surface area is 234 Å². The van der Waals surface area contributed by atoms with Crippen LogP contribution in [-0.4, -0.2) is 57.8 Å². The molecule has 1 fully saturated rings. The molecule has 228 valence electrons. The second-order valence-corrected chi connectivity index (χ2v) is 9.24. The molecule has 2 aromatic rings. The minimum Gasteiger partial charge on any atom is -0.429 e. The van der Waals surface area contributed by atoms with E-state index in [1.54, 1.807) is 6.07 Å². The van der Waals surface area contributed by atoms with E-state index in [-0.39, 0.29) is 29.0 Å². The molecular weight excluding hydrogens is 618 g/mol. The molecule has 0 aliphatic heterocycles. The molecule has 1 aromatic carbocycles. The Morgan fingerprint density at radius 1 is 1.26 bits per heavy atom. The largest absolute Gasteiger partial charge is 0.459 e. The van der Waals surface area contributed by atoms with E-state index in [2.05, 4.69) is 15.2 Å². The molecule has 1 saturated carbocycles. The molecule has 0 unspecified atom stereocenters. The number of aromatic nitrogens is 2. The zero-order chi connectivity index (χ0) is 31.8. The van der Waals surface area contributed by atoms with Crippen LogP contribution in [0.5, 0.6) is 5.75 Å². The Balaban J connectivity index is 2.04. The number of ether oxygens (including phenoxy) is 1. The second-order valence-electron chi connectivity index (χ2n) is 8.83. The molecule has 0 saturated heterocycles. The van der Waals surface area contributed by atoms with Gasteiger partial charge in [-0.1, -0.05) is 17.7 Å². The van der Waals surface area contributed by atoms with E-state index in [1.165, 1.54) is 6.07 Å². The van der Waals surface area contributed by atoms with Gasteiger partial charge in [0.1, 0.15) is 12.1 Å². The van der Waals surface area contributed by atoms with Gasteiger partial charge in [-0.2, -0.15) is 54.3 Å². The first-order valence-electron chi connectivity index (χ1n) is 11.3. The van der Waals surface area contributed by atoms with Gasteiger partial charge in [0.25, 0.3) is 5.91 Å². The lowest BCUT2D eigenvalue weighted by atomic mass is 10.0. The van der Waals surface area contributed by atoms with Crippen molar-refractivity contribution in [3.8, 4) is 11.8 Å². The van der Waals surface area contributed by atoms with Gasteiger partial charge in [0.15, 0.2) is 17.3 Å². The first-order chi connectivity index (χ1) is 19.3. The average molecular weight is 635 g/mol. The Morgan fingerprint density at radius 2 is 1.88 bits per heavy atom. The van der Waals surface area contributed by atoms with Gasteiger partial charge in [0, 0.05) is 25.0 Å². The van der Waals surface area contributed by atoms with Crippen LogP contribution in [0, 0.1) is 16.7 Å². The van der Waals surface area contributed by atoms with Gasteiger partial charge in [-0.3, -0.25) is 4.79 Å². The molecule has 1 aromatic heterocycles. The van der Waals surface area contributed by atoms with Crippen LogP contribution in [-0.2, 0) is 13.0 Å². The van der Waals surface area contributed by atoms with E-state index in [0.29, 0.717) is 15.8 Å². The summed E-state index contributed by atoms with van der Waals surface area (Å²) in [6.07, 6.45) is -9.82. The predicted molar refractivity (Wildman–Crippen MR) is 126 cm³/mol. The molecule has 0 atom stereocenters. The number of hydrogen-bond acceptors (Lipinski definition) is 6. The number of amides is 1. The standard InChI is InChI=1S/C23H17ClF10N6O2/c1-39-17(15(42-19(25)26)16(38-39)22(30,31)23(32,33)34)37-8-12(7-35)11-2-3-14(24)13(6-11)18(41)40(10-21(27,28)29)20(9-36)4-5-20/h2-3,6-8,19,35,37H,4-5,10H2,1H3/b12-8+,35-7?. The van der Waals surface area contributed by atoms with Crippen LogP contribution in [0.1, 0.15) is 34.5 Å². The summed E-state index contributed by atoms with van der Waals surface area (Å²) in [7, 11) is 0.825. The topological polar surface area (TPSA) is 107 Å². The molecule has 42 heavy (non-hydrogen) atoms. The van der Waals surface area contributed by atoms with Gasteiger partial charge in [-0.25, -0.2) is 4.68 Å². The molecule has 8 nitrogen and oxygen atoms in total. The Morgan fingerprint density at radius 3 is 2.36 bits per heavy atom. The summed E-state index contributed by atoms with van der Waals surface area (Å²) in [6.45, 7) is -5.62. The lowest BCUT2D eigenvalue weighted by Crippen LogP contribution is -2.46. The summed E-state index contributed by atoms with van der Waals surface area (Å²) >= 11 is 6.05. The number of aryl methyl sites for hydroxylation is 1. The molecule has 0 bridgehead atoms. The summed E-state index contributed by atoms with van der Waals surface area (Å²) in [5.74, 6) is -9.55. The molecule has 1 heterocycles. The van der Waals surface area contributed by atoms with E-state index < -0.39 is 65.7 Å². The molecular formula is C23H17ClF10N6O2. The highest BCUT2D eigenvalue weighted by Gasteiger charge is 2.62. The summed E-state index contributed by atoms with van der Waals surface area (Å²) < 4.78 is 137. The van der Waals surface area contributed by atoms with E-state index in [0.717, 1.165) is 25.4 Å². The van der Waals surface area contributed by atoms with Crippen molar-refractivity contribution < 1.29 is 53.4 Å². The van der Waals surface area contributed by atoms with E-state index in [1.807, 2.05) is 0 Å². The molecule has 2 N–H and O–H groups in total. The van der Waals surface area contributed by atoms with Crippen molar-refractivity contribution in [2.75, 3.05) is 11.9 Å². The van der Waals surface area contributed by atoms with E-state index in [9.17, 15) is 54.0 Å². The Kier molecular flexibility index (Phi) is 8.78. The monoisotopic (exact) mass is 634 g/mol. The number of alkyl halides is 10. The van der Waals surface area contributed by atoms with Gasteiger partial charge in [0.2, 0.25) is 0 Å². The minimum atomic E-state index is -6.23. The van der Waals surface area contributed by atoms with Crippen LogP contribution in [0.3, 0.4) is 0 Å². The highest BCUT2D eigenvalue weighted by Crippen LogP contribution is 2.49. The Bertz CT molecular complexity index is 1440. The lowest BCUT2D eigenvalue weighted by Gasteiger charge is -2.28. The minimum absolute atomic E-state index is 0.0265. The van der Waals surface area contributed by atoms with Crippen molar-refractivity contribution in [3.05, 3.63) is 46.2 Å². The number of nitrogens with one attached hydrogen (secondary N) is 2. The first-order valence-corrected chi connectivity index (χ1v) is 11.7. The summed E-state index contributed by atoms with van der Waals surface area (Å²) in [5, 5.41) is 21.8. The van der Waals surface area contributed by atoms with Crippen molar-refractivity contribution in [2.24, 2.45) is 7.05 Å². The number of rotatable bonds is 10. The van der Waals surface area contributed by atoms with Gasteiger partial charge < -0.3 is 20.4 Å². The van der Waals surface area contributed by atoms with Crippen molar-refractivity contribution in [1.29, 1.82) is 10.7 Å². The van der Waals surface area contributed by atoms with E-state index in [4.69, 9.17) is 17.0 Å². The number of carbonyl (C=O) groups excluding carboxylic acids is 1. The molecule has 3 rings (SSSR count). The highest BCUT2D eigenvalue weighted by molar-refractivity contribution is 6.34. The van der Waals surface area contributed by atoms with Crippen LogP contribution >= 0.6 is 11.6 Å². The fourth-order valence-electron chi connectivity index (χ4n) is 3.73. The molecule has 0 radical (unpaired) electrons. The van der Waals surface area contributed by atoms with Crippen molar-refractivity contribution in [1.82, 2.24) is 14.7 Å². The van der Waals surface area contributed by atoms with Crippen molar-refractivity contribution in [2.45, 2.75) is 43.3 Å². The molecule has 1 aliphatic carbocycles. The molecule has 1 amide bonds. The molecule has 1 aliphatic rings. The third-order valence-electron chi connectivity index (χ3n) is 5.95. The van der Waals surface area contributed by atoms with Crippen LogP contribution < -0.4 is 10.1 Å². The van der Waals surface area contributed by atoms with Crippen LogP contribution in [0.4, 0.5) is 49.7 Å². The highest BCUT2D eigenvalue weighted by atomic mass is 35.5. The lowest BCUT2D eigenvalue weighted by molar-refractivity contribution is -0.291. The molecule has 19 heteroatoms. The number of nitrogens with zero attached hydrogens (tertiary/aromatic N) is 4. The van der Waals surface area contributed by atoms with Gasteiger partial charge >= 0.3 is 24.9 Å². The fourth-order valence-corrected chi connectivity index (χ4v) is 3.93. The maximum Gasteiger partial charge on any atom is 0.459 e. The third-order valence-corrected chi connectivity index (χ3v) is 6.27. The van der Waals surface area contributed by atoms with Crippen LogP contribution in [0.2, 0.25) is 5.02 Å². The van der Waals surface area contributed by atoms with Crippen LogP contribution in [0.15, 0.2) is 24.4 Å². The quantitative estimate of drug-likeness (QED) is 0.230. The number of nitriles is 1. The second kappa shape index (κ2) is 11.3. The van der Waals surface area contributed by atoms with Gasteiger partial charge in [0.05, 0.1) is 16.7 Å². The normalized spacial score (nSPS) is 15.3. The smallest absolute Gasteiger partial charge is 0.429 e. The summed E-state index contributed by atoms with van der Waals surface area (Å²) in [5.41, 5.74) is -4.80. The van der Waals surface area contributed by atoms with Crippen LogP contribution in [0.25, 0.3) is 5.57 Å². The van der Waals surface area contributed by atoms with E-state index >= 15 is 0 Å². The number of allylic oxidation sites excluding steroid dienone is 1. The average Bonchev–Trinajstić information content (AvgIpc) is 3.61. The first kappa shape index (κ1) is 32.5. The van der Waals surface area contributed by atoms with Crippen molar-refractivity contribution >= 4 is 35.1 Å². The SMILES string of the molecule is Cn1nc(C(F)(F)C(F)(F)F)c(OC(F)F)c1N/C=C(\C=N)c1ccc(Cl)c(C(=O)N(CC(F)(F)F)C2(C#N)CC2)c1. The number of carbonyl (C=O) groups is 1. The maximum atomic E-state index is 14.0. The van der Waals surface area contributed by atoms with Crippen molar-refractivity contribution in [3.63, 3.8) is 0 Å².